The van der Waals surface area contributed by atoms with Crippen molar-refractivity contribution in [3.05, 3.63) is 0 Å². The van der Waals surface area contributed by atoms with Crippen molar-refractivity contribution >= 4 is 11.8 Å². The summed E-state index contributed by atoms with van der Waals surface area (Å²) in [6.45, 7) is -0.144. The molecule has 3 unspecified atom stereocenters. The van der Waals surface area contributed by atoms with Gasteiger partial charge in [0.15, 0.2) is 0 Å². The molecule has 1 aliphatic carbocycles. The van der Waals surface area contributed by atoms with Crippen LogP contribution in [-0.4, -0.2) is 52.7 Å². The van der Waals surface area contributed by atoms with Crippen LogP contribution in [0.25, 0.3) is 0 Å². The van der Waals surface area contributed by atoms with Gasteiger partial charge in [-0.1, -0.05) is 0 Å². The monoisotopic (exact) mass is 296 g/mol. The summed E-state index contributed by atoms with van der Waals surface area (Å²) in [6.07, 6.45) is 3.80. The highest BCUT2D eigenvalue weighted by molar-refractivity contribution is 5.86. The molecule has 2 amide bonds. The molecule has 21 heavy (non-hydrogen) atoms. The Morgan fingerprint density at radius 3 is 2.62 bits per heavy atom. The molecule has 1 saturated carbocycles. The molecule has 4 heterocycles. The molecule has 5 fully saturated rings. The van der Waals surface area contributed by atoms with Crippen LogP contribution in [0.15, 0.2) is 0 Å². The van der Waals surface area contributed by atoms with Crippen molar-refractivity contribution < 1.29 is 24.2 Å². The van der Waals surface area contributed by atoms with Gasteiger partial charge in [0.05, 0.1) is 12.2 Å². The van der Waals surface area contributed by atoms with Crippen molar-refractivity contribution in [3.8, 4) is 0 Å². The zero-order valence-corrected chi connectivity index (χ0v) is 11.8. The summed E-state index contributed by atoms with van der Waals surface area (Å²) >= 11 is 0. The zero-order chi connectivity index (χ0) is 14.6. The lowest BCUT2D eigenvalue weighted by Crippen LogP contribution is -2.67. The van der Waals surface area contributed by atoms with Crippen molar-refractivity contribution in [2.24, 2.45) is 5.92 Å². The van der Waals surface area contributed by atoms with Crippen molar-refractivity contribution in [2.75, 3.05) is 6.54 Å². The van der Waals surface area contributed by atoms with Gasteiger partial charge in [-0.2, -0.15) is 0 Å². The van der Waals surface area contributed by atoms with E-state index in [0.717, 1.165) is 19.3 Å². The fourth-order valence-corrected chi connectivity index (χ4v) is 4.16. The van der Waals surface area contributed by atoms with E-state index < -0.39 is 12.1 Å². The van der Waals surface area contributed by atoms with Gasteiger partial charge in [-0.3, -0.25) is 9.59 Å². The lowest BCUT2D eigenvalue weighted by Gasteiger charge is -2.55. The molecule has 2 N–H and O–H groups in total. The molecule has 0 aromatic carbocycles. The van der Waals surface area contributed by atoms with E-state index in [-0.39, 0.29) is 30.6 Å². The van der Waals surface area contributed by atoms with Crippen LogP contribution in [0.4, 0.5) is 0 Å². The van der Waals surface area contributed by atoms with Crippen LogP contribution in [0.1, 0.15) is 38.5 Å². The van der Waals surface area contributed by atoms with E-state index in [1.54, 1.807) is 0 Å². The first-order valence-corrected chi connectivity index (χ1v) is 7.67. The van der Waals surface area contributed by atoms with E-state index >= 15 is 0 Å². The summed E-state index contributed by atoms with van der Waals surface area (Å²) in [7, 11) is 0. The van der Waals surface area contributed by atoms with Crippen LogP contribution < -0.4 is 5.32 Å². The maximum Gasteiger partial charge on any atom is 0.252 e. The minimum Gasteiger partial charge on any atom is -0.373 e. The molecule has 5 aliphatic rings. The Labute approximate surface area is 122 Å². The van der Waals surface area contributed by atoms with E-state index in [4.69, 9.17) is 9.47 Å². The average Bonchev–Trinajstić information content (AvgIpc) is 2.68. The minimum atomic E-state index is -1.01. The molecule has 7 nitrogen and oxygen atoms in total. The molecule has 116 valence electrons. The molecule has 0 spiro atoms. The van der Waals surface area contributed by atoms with Crippen LogP contribution in [-0.2, 0) is 19.1 Å². The predicted octanol–water partition coefficient (Wildman–Crippen LogP) is -0.315. The fraction of sp³-hybridized carbons (Fsp3) is 0.857. The van der Waals surface area contributed by atoms with Crippen molar-refractivity contribution in [2.45, 2.75) is 62.9 Å². The van der Waals surface area contributed by atoms with Gasteiger partial charge in [-0.05, 0) is 18.8 Å². The molecule has 0 aromatic rings. The van der Waals surface area contributed by atoms with Crippen molar-refractivity contribution in [1.82, 2.24) is 10.2 Å². The molecule has 0 aromatic heterocycles. The van der Waals surface area contributed by atoms with Gasteiger partial charge in [0.25, 0.3) is 5.91 Å². The first-order valence-electron chi connectivity index (χ1n) is 7.67. The molecule has 7 heteroatoms. The van der Waals surface area contributed by atoms with E-state index in [2.05, 4.69) is 5.32 Å². The number of aliphatic hydroxyl groups excluding tert-OH is 1. The van der Waals surface area contributed by atoms with Gasteiger partial charge in [0.2, 0.25) is 11.8 Å². The highest BCUT2D eigenvalue weighted by atomic mass is 16.7. The molecule has 3 atom stereocenters. The number of amides is 2. The topological polar surface area (TPSA) is 88.1 Å². The summed E-state index contributed by atoms with van der Waals surface area (Å²) in [6, 6.07) is 0. The van der Waals surface area contributed by atoms with Gasteiger partial charge < -0.3 is 24.8 Å². The second kappa shape index (κ2) is 4.66. The number of hydrogen-bond acceptors (Lipinski definition) is 5. The Morgan fingerprint density at radius 2 is 2.05 bits per heavy atom. The van der Waals surface area contributed by atoms with Crippen LogP contribution in [0.2, 0.25) is 0 Å². The Morgan fingerprint density at radius 1 is 1.33 bits per heavy atom. The molecule has 4 aliphatic heterocycles. The third-order valence-electron chi connectivity index (χ3n) is 4.93. The number of likely N-dealkylation sites (tertiary alicyclic amines) is 1. The first kappa shape index (κ1) is 13.5. The summed E-state index contributed by atoms with van der Waals surface area (Å²) in [4.78, 5) is 25.0. The summed E-state index contributed by atoms with van der Waals surface area (Å²) in [5, 5.41) is 12.5. The summed E-state index contributed by atoms with van der Waals surface area (Å²) in [5.41, 5.74) is 0. The van der Waals surface area contributed by atoms with Gasteiger partial charge in [-0.25, -0.2) is 0 Å². The normalized spacial score (nSPS) is 44.4. The van der Waals surface area contributed by atoms with Gasteiger partial charge in [0, 0.05) is 25.7 Å². The maximum absolute atomic E-state index is 12.2. The smallest absolute Gasteiger partial charge is 0.252 e. The second-order valence-electron chi connectivity index (χ2n) is 6.60. The van der Waals surface area contributed by atoms with Crippen LogP contribution in [0.5, 0.6) is 0 Å². The Kier molecular flexibility index (Phi) is 2.99. The van der Waals surface area contributed by atoms with Crippen molar-refractivity contribution in [1.29, 1.82) is 0 Å². The summed E-state index contributed by atoms with van der Waals surface area (Å²) < 4.78 is 11.8. The van der Waals surface area contributed by atoms with Gasteiger partial charge >= 0.3 is 0 Å². The minimum absolute atomic E-state index is 0.144. The number of rotatable bonds is 3. The highest BCUT2D eigenvalue weighted by Crippen LogP contribution is 2.47. The number of nitrogens with zero attached hydrogens (tertiary/aromatic N) is 1. The lowest BCUT2D eigenvalue weighted by atomic mass is 9.77. The van der Waals surface area contributed by atoms with Crippen LogP contribution >= 0.6 is 0 Å². The maximum atomic E-state index is 12.2. The molecule has 5 rings (SSSR count). The molecular formula is C14H20N2O5. The Hall–Kier alpha value is -1.18. The second-order valence-corrected chi connectivity index (χ2v) is 6.60. The number of ether oxygens (including phenoxy) is 2. The molecule has 4 bridgehead atoms. The Bertz CT molecular complexity index is 445. The fourth-order valence-electron chi connectivity index (χ4n) is 4.16. The number of carbonyl (C=O) groups is 2. The number of nitrogens with one attached hydrogen (secondary N) is 1. The van der Waals surface area contributed by atoms with E-state index in [1.807, 2.05) is 0 Å². The van der Waals surface area contributed by atoms with Gasteiger partial charge in [0.1, 0.15) is 12.8 Å². The van der Waals surface area contributed by atoms with Crippen molar-refractivity contribution in [3.63, 3.8) is 0 Å². The third kappa shape index (κ3) is 2.33. The van der Waals surface area contributed by atoms with E-state index in [0.29, 0.717) is 25.2 Å². The molecular weight excluding hydrogens is 276 g/mol. The average molecular weight is 296 g/mol. The van der Waals surface area contributed by atoms with E-state index in [9.17, 15) is 14.7 Å². The Balaban J connectivity index is 1.41. The van der Waals surface area contributed by atoms with Gasteiger partial charge in [-0.15, -0.1) is 0 Å². The first-order chi connectivity index (χ1) is 10.0. The summed E-state index contributed by atoms with van der Waals surface area (Å²) in [5.74, 6) is -1.01. The largest absolute Gasteiger partial charge is 0.373 e. The molecule has 0 radical (unpaired) electrons. The third-order valence-corrected chi connectivity index (χ3v) is 4.93. The number of hydrogen-bond donors (Lipinski definition) is 2. The molecule has 4 saturated heterocycles. The lowest BCUT2D eigenvalue weighted by molar-refractivity contribution is -0.380. The number of aliphatic hydroxyl groups is 1. The quantitative estimate of drug-likeness (QED) is 0.745. The van der Waals surface area contributed by atoms with Crippen LogP contribution in [0, 0.1) is 5.92 Å². The number of carbonyl (C=O) groups excluding carboxylic acids is 2. The van der Waals surface area contributed by atoms with Crippen LogP contribution in [0.3, 0.4) is 0 Å². The van der Waals surface area contributed by atoms with E-state index in [1.165, 1.54) is 4.90 Å². The highest BCUT2D eigenvalue weighted by Gasteiger charge is 2.54. The zero-order valence-electron chi connectivity index (χ0n) is 11.8. The standard InChI is InChI=1S/C14H20N2O5/c17-11(7-16-12(18)1-2-13(16)19)15-14-6-8-3-9(20-14)5-10(4-8)21-14/h8-10,12,18H,1-7H2,(H,15,17). The predicted molar refractivity (Wildman–Crippen MR) is 69.5 cm³/mol. The SMILES string of the molecule is O=C(CN1C(=O)CCC1O)NC12CC3CC(CC(C3)O1)O2.